The molecule has 0 saturated heterocycles. The van der Waals surface area contributed by atoms with Crippen LogP contribution in [-0.2, 0) is 22.6 Å². The first-order chi connectivity index (χ1) is 11.1. The van der Waals surface area contributed by atoms with E-state index in [9.17, 15) is 9.18 Å². The number of amides is 1. The van der Waals surface area contributed by atoms with Crippen molar-refractivity contribution in [3.63, 3.8) is 0 Å². The molecule has 118 valence electrons. The predicted octanol–water partition coefficient (Wildman–Crippen LogP) is 3.03. The molecule has 0 atom stereocenters. The summed E-state index contributed by atoms with van der Waals surface area (Å²) in [5.41, 5.74) is 3.08. The number of methoxy groups -OCH3 is 1. The van der Waals surface area contributed by atoms with E-state index in [1.807, 2.05) is 12.1 Å². The monoisotopic (exact) mass is 313 g/mol. The van der Waals surface area contributed by atoms with Crippen molar-refractivity contribution in [1.29, 1.82) is 0 Å². The third kappa shape index (κ3) is 3.73. The van der Waals surface area contributed by atoms with E-state index in [1.165, 1.54) is 12.1 Å². The van der Waals surface area contributed by atoms with Crippen LogP contribution < -0.4 is 5.32 Å². The summed E-state index contributed by atoms with van der Waals surface area (Å²) in [6, 6.07) is 11.3. The van der Waals surface area contributed by atoms with Gasteiger partial charge in [-0.25, -0.2) is 9.37 Å². The summed E-state index contributed by atoms with van der Waals surface area (Å²) < 4.78 is 17.9. The van der Waals surface area contributed by atoms with Gasteiger partial charge < -0.3 is 15.0 Å². The van der Waals surface area contributed by atoms with Gasteiger partial charge in [0.25, 0.3) is 0 Å². The second kappa shape index (κ2) is 6.58. The first kappa shape index (κ1) is 15.2. The number of carbonyl (C=O) groups excluding carboxylic acids is 1. The van der Waals surface area contributed by atoms with Crippen LogP contribution in [0, 0.1) is 5.82 Å². The highest BCUT2D eigenvalue weighted by Crippen LogP contribution is 2.18. The average Bonchev–Trinajstić information content (AvgIpc) is 2.91. The molecule has 1 heterocycles. The van der Waals surface area contributed by atoms with Crippen molar-refractivity contribution in [2.24, 2.45) is 0 Å². The zero-order chi connectivity index (χ0) is 16.2. The molecular weight excluding hydrogens is 297 g/mol. The van der Waals surface area contributed by atoms with E-state index in [2.05, 4.69) is 15.3 Å². The minimum atomic E-state index is -0.314. The van der Waals surface area contributed by atoms with Gasteiger partial charge >= 0.3 is 0 Å². The number of aromatic nitrogens is 2. The van der Waals surface area contributed by atoms with Gasteiger partial charge in [-0.2, -0.15) is 0 Å². The van der Waals surface area contributed by atoms with E-state index in [1.54, 1.807) is 25.3 Å². The van der Waals surface area contributed by atoms with E-state index < -0.39 is 0 Å². The number of nitrogens with zero attached hydrogens (tertiary/aromatic N) is 1. The summed E-state index contributed by atoms with van der Waals surface area (Å²) in [6.45, 7) is 0.404. The number of nitrogens with one attached hydrogen (secondary N) is 2. The van der Waals surface area contributed by atoms with Crippen LogP contribution in [0.2, 0.25) is 0 Å². The highest BCUT2D eigenvalue weighted by molar-refractivity contribution is 5.94. The zero-order valence-electron chi connectivity index (χ0n) is 12.6. The number of aromatic amines is 1. The molecule has 0 spiro atoms. The molecule has 23 heavy (non-hydrogen) atoms. The zero-order valence-corrected chi connectivity index (χ0v) is 12.6. The van der Waals surface area contributed by atoms with Crippen LogP contribution >= 0.6 is 0 Å². The van der Waals surface area contributed by atoms with Gasteiger partial charge in [-0.15, -0.1) is 0 Å². The van der Waals surface area contributed by atoms with Gasteiger partial charge in [-0.05, 0) is 35.9 Å². The normalized spacial score (nSPS) is 10.9. The number of carbonyl (C=O) groups is 1. The number of fused-ring (bicyclic) bond motifs is 1. The minimum Gasteiger partial charge on any atom is -0.377 e. The van der Waals surface area contributed by atoms with Gasteiger partial charge in [0.1, 0.15) is 18.2 Å². The summed E-state index contributed by atoms with van der Waals surface area (Å²) in [6.07, 6.45) is 0.191. The molecule has 5 nitrogen and oxygen atoms in total. The Morgan fingerprint density at radius 1 is 1.26 bits per heavy atom. The first-order valence-corrected chi connectivity index (χ1v) is 7.16. The lowest BCUT2D eigenvalue weighted by atomic mass is 10.1. The molecule has 3 aromatic rings. The molecule has 1 amide bonds. The average molecular weight is 313 g/mol. The Balaban J connectivity index is 1.70. The number of anilines is 1. The van der Waals surface area contributed by atoms with Crippen molar-refractivity contribution in [2.75, 3.05) is 12.4 Å². The molecule has 0 aliphatic rings. The summed E-state index contributed by atoms with van der Waals surface area (Å²) in [4.78, 5) is 19.6. The lowest BCUT2D eigenvalue weighted by Gasteiger charge is -2.05. The molecule has 0 aliphatic carbocycles. The van der Waals surface area contributed by atoms with Crippen molar-refractivity contribution in [2.45, 2.75) is 13.0 Å². The second-order valence-corrected chi connectivity index (χ2v) is 5.20. The van der Waals surface area contributed by atoms with Crippen molar-refractivity contribution in [3.8, 4) is 0 Å². The molecule has 1 aromatic heterocycles. The Morgan fingerprint density at radius 2 is 2.04 bits per heavy atom. The number of H-pyrrole nitrogens is 1. The lowest BCUT2D eigenvalue weighted by molar-refractivity contribution is -0.115. The minimum absolute atomic E-state index is 0.160. The highest BCUT2D eigenvalue weighted by Gasteiger charge is 2.07. The largest absolute Gasteiger partial charge is 0.377 e. The van der Waals surface area contributed by atoms with E-state index >= 15 is 0 Å². The maximum absolute atomic E-state index is 12.9. The maximum atomic E-state index is 12.9. The molecule has 0 unspecified atom stereocenters. The topological polar surface area (TPSA) is 67.0 Å². The van der Waals surface area contributed by atoms with E-state index in [-0.39, 0.29) is 18.1 Å². The Bertz CT molecular complexity index is 827. The molecule has 3 rings (SSSR count). The van der Waals surface area contributed by atoms with Crippen LogP contribution in [0.25, 0.3) is 11.0 Å². The van der Waals surface area contributed by atoms with Crippen molar-refractivity contribution >= 4 is 22.6 Å². The first-order valence-electron chi connectivity index (χ1n) is 7.16. The van der Waals surface area contributed by atoms with Gasteiger partial charge in [0.05, 0.1) is 17.5 Å². The third-order valence-corrected chi connectivity index (χ3v) is 3.37. The number of imidazole rings is 1. The summed E-state index contributed by atoms with van der Waals surface area (Å²) in [7, 11) is 1.61. The fourth-order valence-corrected chi connectivity index (χ4v) is 2.34. The number of hydrogen-bond donors (Lipinski definition) is 2. The SMILES string of the molecule is COCc1nc2ccc(NC(=O)Cc3ccc(F)cc3)cc2[nH]1. The Hall–Kier alpha value is -2.73. The van der Waals surface area contributed by atoms with Crippen LogP contribution in [0.5, 0.6) is 0 Å². The molecule has 6 heteroatoms. The van der Waals surface area contributed by atoms with Crippen molar-refractivity contribution in [1.82, 2.24) is 9.97 Å². The molecule has 0 fully saturated rings. The maximum Gasteiger partial charge on any atom is 0.228 e. The molecule has 2 N–H and O–H groups in total. The molecule has 0 saturated carbocycles. The summed E-state index contributed by atoms with van der Waals surface area (Å²) in [5.74, 6) is 0.260. The number of rotatable bonds is 5. The van der Waals surface area contributed by atoms with E-state index in [4.69, 9.17) is 4.74 Å². The second-order valence-electron chi connectivity index (χ2n) is 5.20. The van der Waals surface area contributed by atoms with E-state index in [0.717, 1.165) is 22.4 Å². The van der Waals surface area contributed by atoms with Crippen LogP contribution in [0.3, 0.4) is 0 Å². The fraction of sp³-hybridized carbons (Fsp3) is 0.176. The van der Waals surface area contributed by atoms with Gasteiger partial charge in [-0.3, -0.25) is 4.79 Å². The van der Waals surface area contributed by atoms with Gasteiger partial charge in [0, 0.05) is 12.8 Å². The van der Waals surface area contributed by atoms with Gasteiger partial charge in [-0.1, -0.05) is 12.1 Å². The predicted molar refractivity (Wildman–Crippen MR) is 85.5 cm³/mol. The lowest BCUT2D eigenvalue weighted by Crippen LogP contribution is -2.14. The number of halogens is 1. The molecule has 0 radical (unpaired) electrons. The van der Waals surface area contributed by atoms with Crippen molar-refractivity contribution in [3.05, 3.63) is 59.7 Å². The van der Waals surface area contributed by atoms with Crippen LogP contribution in [0.4, 0.5) is 10.1 Å². The van der Waals surface area contributed by atoms with Crippen LogP contribution in [0.15, 0.2) is 42.5 Å². The Labute approximate surface area is 132 Å². The Morgan fingerprint density at radius 3 is 2.78 bits per heavy atom. The number of benzene rings is 2. The van der Waals surface area contributed by atoms with Gasteiger partial charge in [0.15, 0.2) is 0 Å². The number of ether oxygens (including phenoxy) is 1. The third-order valence-electron chi connectivity index (χ3n) is 3.37. The van der Waals surface area contributed by atoms with Gasteiger partial charge in [0.2, 0.25) is 5.91 Å². The quantitative estimate of drug-likeness (QED) is 0.761. The summed E-state index contributed by atoms with van der Waals surface area (Å²) >= 11 is 0. The Kier molecular flexibility index (Phi) is 4.34. The highest BCUT2D eigenvalue weighted by atomic mass is 19.1. The van der Waals surface area contributed by atoms with Crippen molar-refractivity contribution < 1.29 is 13.9 Å². The molecule has 0 bridgehead atoms. The van der Waals surface area contributed by atoms with Crippen LogP contribution in [0.1, 0.15) is 11.4 Å². The van der Waals surface area contributed by atoms with E-state index in [0.29, 0.717) is 12.3 Å². The molecule has 2 aromatic carbocycles. The summed E-state index contributed by atoms with van der Waals surface area (Å²) in [5, 5.41) is 2.83. The molecular formula is C17H16FN3O2. The number of hydrogen-bond acceptors (Lipinski definition) is 3. The standard InChI is InChI=1S/C17H16FN3O2/c1-23-10-16-20-14-7-6-13(9-15(14)21-16)19-17(22)8-11-2-4-12(18)5-3-11/h2-7,9H,8,10H2,1H3,(H,19,22)(H,20,21). The fourth-order valence-electron chi connectivity index (χ4n) is 2.34. The van der Waals surface area contributed by atoms with Crippen LogP contribution in [-0.4, -0.2) is 23.0 Å². The smallest absolute Gasteiger partial charge is 0.228 e. The molecule has 0 aliphatic heterocycles.